The zero-order chi connectivity index (χ0) is 16.0. The average molecular weight is 314 g/mol. The van der Waals surface area contributed by atoms with E-state index in [1.165, 1.54) is 0 Å². The number of rotatable bonds is 2. The number of nitrogens with one attached hydrogen (secondary N) is 2. The summed E-state index contributed by atoms with van der Waals surface area (Å²) in [6.07, 6.45) is 1.75. The summed E-state index contributed by atoms with van der Waals surface area (Å²) in [6, 6.07) is 8.48. The van der Waals surface area contributed by atoms with E-state index >= 15 is 0 Å². The quantitative estimate of drug-likeness (QED) is 0.762. The topological polar surface area (TPSA) is 54.1 Å². The Morgan fingerprint density at radius 1 is 1.26 bits per heavy atom. The summed E-state index contributed by atoms with van der Waals surface area (Å²) in [6.45, 7) is 0.0716. The minimum absolute atomic E-state index is 0.0716. The van der Waals surface area contributed by atoms with Crippen molar-refractivity contribution in [2.75, 3.05) is 6.61 Å². The fraction of sp³-hybridized carbons (Fsp3) is 0.118. The highest BCUT2D eigenvalue weighted by Gasteiger charge is 2.30. The molecule has 1 atom stereocenters. The van der Waals surface area contributed by atoms with Gasteiger partial charge in [0.15, 0.2) is 0 Å². The first-order valence-corrected chi connectivity index (χ1v) is 7.12. The molecule has 0 spiro atoms. The lowest BCUT2D eigenvalue weighted by Crippen LogP contribution is -2.30. The Bertz CT molecular complexity index is 920. The van der Waals surface area contributed by atoms with Crippen LogP contribution in [-0.4, -0.2) is 17.5 Å². The molecule has 6 heteroatoms. The largest absolute Gasteiger partial charge is 0.490 e. The first kappa shape index (κ1) is 13.8. The van der Waals surface area contributed by atoms with Crippen LogP contribution in [0.5, 0.6) is 5.75 Å². The van der Waals surface area contributed by atoms with E-state index < -0.39 is 17.7 Å². The second-order valence-corrected chi connectivity index (χ2v) is 5.38. The van der Waals surface area contributed by atoms with Crippen LogP contribution in [0.3, 0.4) is 0 Å². The molecule has 3 aromatic rings. The lowest BCUT2D eigenvalue weighted by Gasteiger charge is -2.13. The van der Waals surface area contributed by atoms with Crippen molar-refractivity contribution in [1.29, 1.82) is 0 Å². The fourth-order valence-corrected chi connectivity index (χ4v) is 2.90. The number of benzene rings is 2. The number of carbonyl (C=O) groups excluding carboxylic acids is 1. The van der Waals surface area contributed by atoms with Crippen LogP contribution >= 0.6 is 0 Å². The van der Waals surface area contributed by atoms with Gasteiger partial charge in [0.05, 0.1) is 22.7 Å². The van der Waals surface area contributed by atoms with E-state index in [9.17, 15) is 13.6 Å². The van der Waals surface area contributed by atoms with E-state index in [1.807, 2.05) is 12.1 Å². The van der Waals surface area contributed by atoms with Crippen LogP contribution in [0.25, 0.3) is 10.9 Å². The summed E-state index contributed by atoms with van der Waals surface area (Å²) in [5.41, 5.74) is 1.35. The van der Waals surface area contributed by atoms with Gasteiger partial charge in [-0.3, -0.25) is 4.79 Å². The van der Waals surface area contributed by atoms with Gasteiger partial charge in [-0.15, -0.1) is 0 Å². The van der Waals surface area contributed by atoms with Crippen LogP contribution in [0.1, 0.15) is 22.0 Å². The lowest BCUT2D eigenvalue weighted by atomic mass is 10.1. The monoisotopic (exact) mass is 314 g/mol. The van der Waals surface area contributed by atoms with Crippen molar-refractivity contribution in [2.45, 2.75) is 6.04 Å². The molecule has 2 heterocycles. The third-order valence-electron chi connectivity index (χ3n) is 3.95. The molecule has 0 fully saturated rings. The molecule has 1 unspecified atom stereocenters. The van der Waals surface area contributed by atoms with Gasteiger partial charge in [0, 0.05) is 23.7 Å². The molecular formula is C17H12F2N2O2. The Kier molecular flexibility index (Phi) is 3.04. The van der Waals surface area contributed by atoms with Crippen LogP contribution < -0.4 is 10.1 Å². The standard InChI is InChI=1S/C17H12F2N2O2/c18-10-6-12(19)15-13(8-23-14(15)7-10)21-17(22)11-3-1-2-9-4-5-20-16(9)11/h1-7,13,20H,8H2,(H,21,22). The van der Waals surface area contributed by atoms with E-state index in [4.69, 9.17) is 4.74 Å². The number of ether oxygens (including phenoxy) is 1. The Balaban J connectivity index is 1.66. The molecule has 4 nitrogen and oxygen atoms in total. The van der Waals surface area contributed by atoms with E-state index in [2.05, 4.69) is 10.3 Å². The molecule has 0 radical (unpaired) electrons. The minimum atomic E-state index is -0.721. The number of fused-ring (bicyclic) bond motifs is 2. The molecule has 23 heavy (non-hydrogen) atoms. The summed E-state index contributed by atoms with van der Waals surface area (Å²) in [7, 11) is 0. The summed E-state index contributed by atoms with van der Waals surface area (Å²) < 4.78 is 32.5. The highest BCUT2D eigenvalue weighted by molar-refractivity contribution is 6.05. The predicted molar refractivity (Wildman–Crippen MR) is 80.4 cm³/mol. The molecule has 2 N–H and O–H groups in total. The van der Waals surface area contributed by atoms with Crippen LogP contribution in [0.15, 0.2) is 42.6 Å². The van der Waals surface area contributed by atoms with Gasteiger partial charge in [0.25, 0.3) is 5.91 Å². The Hall–Kier alpha value is -2.89. The van der Waals surface area contributed by atoms with Crippen molar-refractivity contribution in [3.8, 4) is 5.75 Å². The van der Waals surface area contributed by atoms with Gasteiger partial charge < -0.3 is 15.0 Å². The van der Waals surface area contributed by atoms with Gasteiger partial charge >= 0.3 is 0 Å². The number of halogens is 2. The normalized spacial score (nSPS) is 16.2. The Morgan fingerprint density at radius 2 is 2.13 bits per heavy atom. The molecular weight excluding hydrogens is 302 g/mol. The maximum atomic E-state index is 14.0. The number of hydrogen-bond donors (Lipinski definition) is 2. The first-order chi connectivity index (χ1) is 11.1. The second kappa shape index (κ2) is 5.08. The van der Waals surface area contributed by atoms with Gasteiger partial charge in [-0.1, -0.05) is 12.1 Å². The Labute approximate surface area is 130 Å². The summed E-state index contributed by atoms with van der Waals surface area (Å²) in [5.74, 6) is -1.64. The summed E-state index contributed by atoms with van der Waals surface area (Å²) in [4.78, 5) is 15.5. The van der Waals surface area contributed by atoms with Crippen LogP contribution in [0.2, 0.25) is 0 Å². The third kappa shape index (κ3) is 2.23. The van der Waals surface area contributed by atoms with Crippen molar-refractivity contribution in [1.82, 2.24) is 10.3 Å². The van der Waals surface area contributed by atoms with Gasteiger partial charge in [-0.05, 0) is 12.1 Å². The lowest BCUT2D eigenvalue weighted by molar-refractivity contribution is 0.0931. The van der Waals surface area contributed by atoms with Gasteiger partial charge in [-0.2, -0.15) is 0 Å². The van der Waals surface area contributed by atoms with Gasteiger partial charge in [-0.25, -0.2) is 8.78 Å². The van der Waals surface area contributed by atoms with Crippen molar-refractivity contribution < 1.29 is 18.3 Å². The minimum Gasteiger partial charge on any atom is -0.490 e. The molecule has 1 aliphatic heterocycles. The number of amides is 1. The van der Waals surface area contributed by atoms with Crippen molar-refractivity contribution in [3.63, 3.8) is 0 Å². The number of aromatic amines is 1. The predicted octanol–water partition coefficient (Wildman–Crippen LogP) is 3.31. The molecule has 0 saturated heterocycles. The fourth-order valence-electron chi connectivity index (χ4n) is 2.90. The molecule has 0 bridgehead atoms. The van der Waals surface area contributed by atoms with Crippen LogP contribution in [0.4, 0.5) is 8.78 Å². The second-order valence-electron chi connectivity index (χ2n) is 5.38. The number of hydrogen-bond acceptors (Lipinski definition) is 2. The van der Waals surface area contributed by atoms with Crippen LogP contribution in [-0.2, 0) is 0 Å². The maximum Gasteiger partial charge on any atom is 0.254 e. The van der Waals surface area contributed by atoms with E-state index in [1.54, 1.807) is 18.3 Å². The highest BCUT2D eigenvalue weighted by Crippen LogP contribution is 2.35. The number of H-pyrrole nitrogens is 1. The van der Waals surface area contributed by atoms with Crippen LogP contribution in [0, 0.1) is 11.6 Å². The number of aromatic nitrogens is 1. The van der Waals surface area contributed by atoms with E-state index in [0.717, 1.165) is 17.5 Å². The van der Waals surface area contributed by atoms with Gasteiger partial charge in [0.2, 0.25) is 0 Å². The molecule has 1 aromatic heterocycles. The molecule has 2 aromatic carbocycles. The first-order valence-electron chi connectivity index (χ1n) is 7.12. The van der Waals surface area contributed by atoms with Crippen molar-refractivity contribution in [2.24, 2.45) is 0 Å². The molecule has 1 amide bonds. The Morgan fingerprint density at radius 3 is 3.00 bits per heavy atom. The van der Waals surface area contributed by atoms with E-state index in [-0.39, 0.29) is 23.8 Å². The van der Waals surface area contributed by atoms with Crippen molar-refractivity contribution >= 4 is 16.8 Å². The SMILES string of the molecule is O=C(NC1COc2cc(F)cc(F)c21)c1cccc2cc[nH]c12. The molecule has 0 saturated carbocycles. The molecule has 1 aliphatic rings. The zero-order valence-electron chi connectivity index (χ0n) is 11.9. The third-order valence-corrected chi connectivity index (χ3v) is 3.95. The number of para-hydroxylation sites is 1. The molecule has 0 aliphatic carbocycles. The summed E-state index contributed by atoms with van der Waals surface area (Å²) in [5, 5.41) is 3.66. The molecule has 116 valence electrons. The molecule has 4 rings (SSSR count). The number of carbonyl (C=O) groups is 1. The van der Waals surface area contributed by atoms with Crippen molar-refractivity contribution in [3.05, 3.63) is 65.4 Å². The smallest absolute Gasteiger partial charge is 0.254 e. The average Bonchev–Trinajstić information content (AvgIpc) is 3.13. The maximum absolute atomic E-state index is 14.0. The van der Waals surface area contributed by atoms with Gasteiger partial charge in [0.1, 0.15) is 24.0 Å². The zero-order valence-corrected chi connectivity index (χ0v) is 11.9. The summed E-state index contributed by atoms with van der Waals surface area (Å²) >= 11 is 0. The highest BCUT2D eigenvalue weighted by atomic mass is 19.1. The van der Waals surface area contributed by atoms with E-state index in [0.29, 0.717) is 11.1 Å².